The van der Waals surface area contributed by atoms with Gasteiger partial charge in [0.2, 0.25) is 5.88 Å². The smallest absolute Gasteiger partial charge is 0.221 e. The van der Waals surface area contributed by atoms with Crippen LogP contribution >= 0.6 is 0 Å². The number of methoxy groups -OCH3 is 1. The number of pyridine rings is 1. The summed E-state index contributed by atoms with van der Waals surface area (Å²) in [5, 5.41) is 10.5. The Morgan fingerprint density at radius 3 is 2.48 bits per heavy atom. The molecule has 3 atom stereocenters. The lowest BCUT2D eigenvalue weighted by atomic mass is 9.98. The molecule has 29 heavy (non-hydrogen) atoms. The number of nitrogens with one attached hydrogen (secondary N) is 2. The van der Waals surface area contributed by atoms with E-state index in [-0.39, 0.29) is 0 Å². The zero-order valence-electron chi connectivity index (χ0n) is 16.7. The van der Waals surface area contributed by atoms with E-state index in [4.69, 9.17) is 4.74 Å². The van der Waals surface area contributed by atoms with Crippen LogP contribution in [0.5, 0.6) is 5.88 Å². The van der Waals surface area contributed by atoms with E-state index in [0.29, 0.717) is 35.5 Å². The van der Waals surface area contributed by atoms with Crippen molar-refractivity contribution in [1.82, 2.24) is 30.5 Å². The third-order valence-corrected chi connectivity index (χ3v) is 6.13. The number of anilines is 1. The molecule has 0 amide bonds. The standard InChI is InChI=1S/C21H25N7O/c1-28(16-7-14-3-4-15(8-16)26-14)17-11-22-20(23-12-17)19-6-5-18(21(27-19)29-2)13-9-24-25-10-13/h5-6,9-12,14-16,26H,3-4,7-8H2,1-2H3,(H,24,25)/t14-,15+,16?. The van der Waals surface area contributed by atoms with Crippen molar-refractivity contribution in [2.24, 2.45) is 0 Å². The first-order valence-corrected chi connectivity index (χ1v) is 10.1. The zero-order valence-corrected chi connectivity index (χ0v) is 16.7. The third-order valence-electron chi connectivity index (χ3n) is 6.13. The summed E-state index contributed by atoms with van der Waals surface area (Å²) in [4.78, 5) is 16.1. The normalized spacial score (nSPS) is 23.2. The highest BCUT2D eigenvalue weighted by Gasteiger charge is 2.35. The van der Waals surface area contributed by atoms with E-state index < -0.39 is 0 Å². The summed E-state index contributed by atoms with van der Waals surface area (Å²) in [6.07, 6.45) is 12.3. The molecule has 1 unspecified atom stereocenters. The van der Waals surface area contributed by atoms with Gasteiger partial charge < -0.3 is 15.0 Å². The molecule has 0 spiro atoms. The van der Waals surface area contributed by atoms with Crippen molar-refractivity contribution in [3.63, 3.8) is 0 Å². The van der Waals surface area contributed by atoms with Gasteiger partial charge in [-0.1, -0.05) is 0 Å². The molecule has 2 aliphatic rings. The lowest BCUT2D eigenvalue weighted by Gasteiger charge is -2.36. The summed E-state index contributed by atoms with van der Waals surface area (Å²) in [6.45, 7) is 0. The number of hydrogen-bond acceptors (Lipinski definition) is 7. The van der Waals surface area contributed by atoms with Gasteiger partial charge in [0.1, 0.15) is 5.69 Å². The maximum absolute atomic E-state index is 5.48. The van der Waals surface area contributed by atoms with Crippen LogP contribution in [-0.2, 0) is 0 Å². The second kappa shape index (κ2) is 7.44. The molecule has 2 fully saturated rings. The van der Waals surface area contributed by atoms with Crippen LogP contribution in [0, 0.1) is 0 Å². The topological polar surface area (TPSA) is 91.8 Å². The minimum Gasteiger partial charge on any atom is -0.481 e. The van der Waals surface area contributed by atoms with Gasteiger partial charge in [-0.25, -0.2) is 15.0 Å². The first-order chi connectivity index (χ1) is 14.2. The van der Waals surface area contributed by atoms with Gasteiger partial charge in [-0.3, -0.25) is 5.10 Å². The summed E-state index contributed by atoms with van der Waals surface area (Å²) in [6, 6.07) is 5.73. The zero-order chi connectivity index (χ0) is 19.8. The molecule has 0 saturated carbocycles. The number of ether oxygens (including phenoxy) is 1. The molecule has 3 aromatic rings. The molecular weight excluding hydrogens is 366 g/mol. The Bertz CT molecular complexity index is 961. The van der Waals surface area contributed by atoms with E-state index in [2.05, 4.69) is 42.4 Å². The predicted octanol–water partition coefficient (Wildman–Crippen LogP) is 2.66. The Kier molecular flexibility index (Phi) is 4.63. The number of rotatable bonds is 5. The van der Waals surface area contributed by atoms with Crippen LogP contribution in [0.3, 0.4) is 0 Å². The van der Waals surface area contributed by atoms with Gasteiger partial charge in [0.25, 0.3) is 0 Å². The summed E-state index contributed by atoms with van der Waals surface area (Å²) < 4.78 is 5.48. The lowest BCUT2D eigenvalue weighted by molar-refractivity contribution is 0.354. The molecule has 2 aliphatic heterocycles. The van der Waals surface area contributed by atoms with Crippen LogP contribution in [0.4, 0.5) is 5.69 Å². The number of aromatic nitrogens is 5. The van der Waals surface area contributed by atoms with Gasteiger partial charge in [-0.15, -0.1) is 0 Å². The molecule has 8 heteroatoms. The first-order valence-electron chi connectivity index (χ1n) is 10.1. The average molecular weight is 391 g/mol. The van der Waals surface area contributed by atoms with Gasteiger partial charge in [-0.2, -0.15) is 5.10 Å². The molecule has 5 heterocycles. The highest BCUT2D eigenvalue weighted by atomic mass is 16.5. The molecule has 2 saturated heterocycles. The fourth-order valence-corrected chi connectivity index (χ4v) is 4.53. The minimum absolute atomic E-state index is 0.527. The van der Waals surface area contributed by atoms with E-state index in [1.165, 1.54) is 25.7 Å². The van der Waals surface area contributed by atoms with E-state index in [9.17, 15) is 0 Å². The molecule has 0 radical (unpaired) electrons. The van der Waals surface area contributed by atoms with Crippen molar-refractivity contribution in [3.8, 4) is 28.5 Å². The highest BCUT2D eigenvalue weighted by molar-refractivity contribution is 5.69. The summed E-state index contributed by atoms with van der Waals surface area (Å²) >= 11 is 0. The maximum Gasteiger partial charge on any atom is 0.221 e. The Labute approximate surface area is 169 Å². The average Bonchev–Trinajstić information content (AvgIpc) is 3.42. The number of aromatic amines is 1. The SMILES string of the molecule is COc1nc(-c2ncc(N(C)C3C[C@H]4CC[C@@H](C3)N4)cn2)ccc1-c1cn[nH]c1. The van der Waals surface area contributed by atoms with Crippen LogP contribution in [0.25, 0.3) is 22.6 Å². The Morgan fingerprint density at radius 1 is 1.07 bits per heavy atom. The van der Waals surface area contributed by atoms with E-state index in [1.54, 1.807) is 13.3 Å². The molecule has 5 rings (SSSR count). The van der Waals surface area contributed by atoms with Crippen LogP contribution in [0.1, 0.15) is 25.7 Å². The Morgan fingerprint density at radius 2 is 1.83 bits per heavy atom. The summed E-state index contributed by atoms with van der Waals surface area (Å²) in [5.41, 5.74) is 3.53. The van der Waals surface area contributed by atoms with Crippen molar-refractivity contribution < 1.29 is 4.74 Å². The largest absolute Gasteiger partial charge is 0.481 e. The van der Waals surface area contributed by atoms with Crippen molar-refractivity contribution in [2.75, 3.05) is 19.1 Å². The number of nitrogens with zero attached hydrogens (tertiary/aromatic N) is 5. The van der Waals surface area contributed by atoms with Crippen LogP contribution in [0.2, 0.25) is 0 Å². The van der Waals surface area contributed by atoms with Gasteiger partial charge in [0.15, 0.2) is 5.82 Å². The van der Waals surface area contributed by atoms with Crippen LogP contribution < -0.4 is 15.0 Å². The predicted molar refractivity (Wildman–Crippen MR) is 111 cm³/mol. The van der Waals surface area contributed by atoms with E-state index in [0.717, 1.165) is 16.8 Å². The van der Waals surface area contributed by atoms with E-state index in [1.807, 2.05) is 30.7 Å². The van der Waals surface area contributed by atoms with Crippen molar-refractivity contribution >= 4 is 5.69 Å². The molecule has 3 aromatic heterocycles. The molecule has 0 aromatic carbocycles. The quantitative estimate of drug-likeness (QED) is 0.691. The van der Waals surface area contributed by atoms with Crippen molar-refractivity contribution in [2.45, 2.75) is 43.8 Å². The van der Waals surface area contributed by atoms with Gasteiger partial charge in [-0.05, 0) is 37.8 Å². The Hall–Kier alpha value is -3.00. The van der Waals surface area contributed by atoms with Crippen molar-refractivity contribution in [1.29, 1.82) is 0 Å². The van der Waals surface area contributed by atoms with Gasteiger partial charge in [0.05, 0.1) is 31.4 Å². The van der Waals surface area contributed by atoms with Crippen molar-refractivity contribution in [3.05, 3.63) is 36.9 Å². The first kappa shape index (κ1) is 18.1. The third kappa shape index (κ3) is 3.44. The van der Waals surface area contributed by atoms with Crippen LogP contribution in [-0.4, -0.2) is 57.4 Å². The molecule has 8 nitrogen and oxygen atoms in total. The lowest BCUT2D eigenvalue weighted by Crippen LogP contribution is -2.47. The monoisotopic (exact) mass is 391 g/mol. The molecule has 0 aliphatic carbocycles. The Balaban J connectivity index is 1.36. The van der Waals surface area contributed by atoms with E-state index >= 15 is 0 Å². The second-order valence-electron chi connectivity index (χ2n) is 7.88. The fraction of sp³-hybridized carbons (Fsp3) is 0.429. The summed E-state index contributed by atoms with van der Waals surface area (Å²) in [7, 11) is 3.76. The molecular formula is C21H25N7O. The fourth-order valence-electron chi connectivity index (χ4n) is 4.53. The number of hydrogen-bond donors (Lipinski definition) is 2. The van der Waals surface area contributed by atoms with Crippen LogP contribution in [0.15, 0.2) is 36.9 Å². The number of piperidine rings is 1. The summed E-state index contributed by atoms with van der Waals surface area (Å²) in [5.74, 6) is 1.11. The highest BCUT2D eigenvalue weighted by Crippen LogP contribution is 2.32. The second-order valence-corrected chi connectivity index (χ2v) is 7.88. The minimum atomic E-state index is 0.527. The van der Waals surface area contributed by atoms with Gasteiger partial charge >= 0.3 is 0 Å². The molecule has 150 valence electrons. The number of H-pyrrole nitrogens is 1. The molecule has 2 bridgehead atoms. The maximum atomic E-state index is 5.48. The molecule has 2 N–H and O–H groups in total. The van der Waals surface area contributed by atoms with Gasteiger partial charge in [0, 0.05) is 42.5 Å². The number of fused-ring (bicyclic) bond motifs is 2.